The van der Waals surface area contributed by atoms with Crippen molar-refractivity contribution in [2.24, 2.45) is 0 Å². The molecule has 1 aromatic heterocycles. The smallest absolute Gasteiger partial charge is 0.276 e. The fraction of sp³-hybridized carbons (Fsp3) is 0.304. The highest BCUT2D eigenvalue weighted by Crippen LogP contribution is 2.23. The molecule has 0 unspecified atom stereocenters. The molecule has 0 radical (unpaired) electrons. The first-order valence-electron chi connectivity index (χ1n) is 9.82. The number of morpholine rings is 1. The van der Waals surface area contributed by atoms with Crippen molar-refractivity contribution >= 4 is 11.6 Å². The van der Waals surface area contributed by atoms with Gasteiger partial charge < -0.3 is 19.0 Å². The number of hydrogen-bond donors (Lipinski definition) is 0. The summed E-state index contributed by atoms with van der Waals surface area (Å²) in [6.07, 6.45) is 0. The van der Waals surface area contributed by atoms with Gasteiger partial charge in [0.05, 0.1) is 13.2 Å². The van der Waals surface area contributed by atoms with E-state index in [4.69, 9.17) is 9.15 Å². The van der Waals surface area contributed by atoms with Crippen LogP contribution in [0, 0.1) is 6.92 Å². The quantitative estimate of drug-likeness (QED) is 0.663. The number of carbonyl (C=O) groups is 1. The Morgan fingerprint density at radius 1 is 1.07 bits per heavy atom. The molecular weight excluding hydrogens is 366 g/mol. The van der Waals surface area contributed by atoms with Crippen LogP contribution in [0.2, 0.25) is 0 Å². The molecule has 1 fully saturated rings. The van der Waals surface area contributed by atoms with E-state index in [0.29, 0.717) is 23.9 Å². The molecular formula is C23H25N3O3. The van der Waals surface area contributed by atoms with Gasteiger partial charge in [-0.3, -0.25) is 4.79 Å². The second kappa shape index (κ2) is 8.49. The standard InChI is InChI=1S/C23H25N3O3/c1-17-21(24-22(29-17)19-6-4-3-5-7-19)23(27)25(2)16-18-8-10-20(11-9-18)26-12-14-28-15-13-26/h3-11H,12-16H2,1-2H3. The topological polar surface area (TPSA) is 58.8 Å². The van der Waals surface area contributed by atoms with Gasteiger partial charge in [-0.2, -0.15) is 0 Å². The monoisotopic (exact) mass is 391 g/mol. The van der Waals surface area contributed by atoms with Crippen molar-refractivity contribution in [3.63, 3.8) is 0 Å². The lowest BCUT2D eigenvalue weighted by Crippen LogP contribution is -2.36. The molecule has 0 aliphatic carbocycles. The maximum absolute atomic E-state index is 12.9. The highest BCUT2D eigenvalue weighted by molar-refractivity contribution is 5.93. The minimum Gasteiger partial charge on any atom is -0.441 e. The van der Waals surface area contributed by atoms with Crippen LogP contribution in [0.5, 0.6) is 0 Å². The number of oxazole rings is 1. The molecule has 2 aromatic carbocycles. The van der Waals surface area contributed by atoms with E-state index in [2.05, 4.69) is 34.1 Å². The zero-order valence-corrected chi connectivity index (χ0v) is 16.8. The molecule has 1 aliphatic heterocycles. The molecule has 150 valence electrons. The third-order valence-electron chi connectivity index (χ3n) is 5.10. The van der Waals surface area contributed by atoms with E-state index in [1.165, 1.54) is 5.69 Å². The van der Waals surface area contributed by atoms with Crippen LogP contribution in [0.15, 0.2) is 59.0 Å². The number of anilines is 1. The molecule has 0 saturated carbocycles. The fourth-order valence-corrected chi connectivity index (χ4v) is 3.46. The summed E-state index contributed by atoms with van der Waals surface area (Å²) in [7, 11) is 1.79. The van der Waals surface area contributed by atoms with Crippen LogP contribution in [0.4, 0.5) is 5.69 Å². The molecule has 2 heterocycles. The lowest BCUT2D eigenvalue weighted by atomic mass is 10.1. The Balaban J connectivity index is 1.44. The van der Waals surface area contributed by atoms with Crippen molar-refractivity contribution in [3.05, 3.63) is 71.6 Å². The van der Waals surface area contributed by atoms with Gasteiger partial charge in [0.15, 0.2) is 5.69 Å². The van der Waals surface area contributed by atoms with E-state index in [9.17, 15) is 4.79 Å². The van der Waals surface area contributed by atoms with Crippen LogP contribution in [0.1, 0.15) is 21.8 Å². The molecule has 1 amide bonds. The summed E-state index contributed by atoms with van der Waals surface area (Å²) in [5.74, 6) is 0.851. The third-order valence-corrected chi connectivity index (χ3v) is 5.10. The van der Waals surface area contributed by atoms with Gasteiger partial charge in [0.25, 0.3) is 5.91 Å². The van der Waals surface area contributed by atoms with Crippen LogP contribution in [-0.2, 0) is 11.3 Å². The summed E-state index contributed by atoms with van der Waals surface area (Å²) in [4.78, 5) is 21.3. The number of benzene rings is 2. The molecule has 1 aliphatic rings. The average Bonchev–Trinajstić information content (AvgIpc) is 3.16. The van der Waals surface area contributed by atoms with Crippen molar-refractivity contribution in [2.75, 3.05) is 38.3 Å². The van der Waals surface area contributed by atoms with E-state index in [1.807, 2.05) is 30.3 Å². The van der Waals surface area contributed by atoms with Gasteiger partial charge in [0, 0.05) is 37.9 Å². The Kier molecular flexibility index (Phi) is 5.62. The largest absolute Gasteiger partial charge is 0.441 e. The summed E-state index contributed by atoms with van der Waals surface area (Å²) in [6, 6.07) is 18.0. The van der Waals surface area contributed by atoms with Crippen molar-refractivity contribution in [3.8, 4) is 11.5 Å². The van der Waals surface area contributed by atoms with Crippen molar-refractivity contribution in [2.45, 2.75) is 13.5 Å². The first kappa shape index (κ1) is 19.2. The third kappa shape index (κ3) is 4.32. The Morgan fingerprint density at radius 2 is 1.76 bits per heavy atom. The first-order chi connectivity index (χ1) is 14.1. The number of aromatic nitrogens is 1. The highest BCUT2D eigenvalue weighted by Gasteiger charge is 2.21. The molecule has 3 aromatic rings. The molecule has 6 nitrogen and oxygen atoms in total. The molecule has 0 spiro atoms. The van der Waals surface area contributed by atoms with Gasteiger partial charge in [-0.05, 0) is 36.8 Å². The van der Waals surface area contributed by atoms with Gasteiger partial charge in [-0.25, -0.2) is 4.98 Å². The number of nitrogens with zero attached hydrogens (tertiary/aromatic N) is 3. The summed E-state index contributed by atoms with van der Waals surface area (Å²) < 4.78 is 11.1. The van der Waals surface area contributed by atoms with Crippen LogP contribution in [0.25, 0.3) is 11.5 Å². The summed E-state index contributed by atoms with van der Waals surface area (Å²) in [6.45, 7) is 5.63. The molecule has 0 bridgehead atoms. The normalized spacial score (nSPS) is 14.1. The minimum absolute atomic E-state index is 0.148. The van der Waals surface area contributed by atoms with Crippen LogP contribution < -0.4 is 4.90 Å². The van der Waals surface area contributed by atoms with Crippen LogP contribution in [0.3, 0.4) is 0 Å². The number of hydrogen-bond acceptors (Lipinski definition) is 5. The van der Waals surface area contributed by atoms with Crippen molar-refractivity contribution in [1.82, 2.24) is 9.88 Å². The van der Waals surface area contributed by atoms with Gasteiger partial charge in [0.1, 0.15) is 5.76 Å². The number of aryl methyl sites for hydroxylation is 1. The molecule has 0 N–H and O–H groups in total. The summed E-state index contributed by atoms with van der Waals surface area (Å²) in [5.41, 5.74) is 3.47. The Hall–Kier alpha value is -3.12. The second-order valence-electron chi connectivity index (χ2n) is 7.22. The van der Waals surface area contributed by atoms with E-state index in [0.717, 1.165) is 37.4 Å². The summed E-state index contributed by atoms with van der Waals surface area (Å²) >= 11 is 0. The van der Waals surface area contributed by atoms with E-state index in [1.54, 1.807) is 18.9 Å². The molecule has 29 heavy (non-hydrogen) atoms. The fourth-order valence-electron chi connectivity index (χ4n) is 3.46. The van der Waals surface area contributed by atoms with E-state index >= 15 is 0 Å². The van der Waals surface area contributed by atoms with Crippen LogP contribution in [-0.4, -0.2) is 49.1 Å². The molecule has 0 atom stereocenters. The number of ether oxygens (including phenoxy) is 1. The predicted octanol–water partition coefficient (Wildman–Crippen LogP) is 3.76. The number of rotatable bonds is 5. The van der Waals surface area contributed by atoms with Crippen molar-refractivity contribution < 1.29 is 13.9 Å². The molecule has 6 heteroatoms. The lowest BCUT2D eigenvalue weighted by molar-refractivity contribution is 0.0778. The maximum Gasteiger partial charge on any atom is 0.276 e. The zero-order valence-electron chi connectivity index (χ0n) is 16.8. The number of carbonyl (C=O) groups excluding carboxylic acids is 1. The minimum atomic E-state index is -0.148. The highest BCUT2D eigenvalue weighted by atomic mass is 16.5. The Morgan fingerprint density at radius 3 is 2.45 bits per heavy atom. The Bertz CT molecular complexity index is 961. The Labute approximate surface area is 170 Å². The van der Waals surface area contributed by atoms with Gasteiger partial charge in [-0.1, -0.05) is 30.3 Å². The van der Waals surface area contributed by atoms with E-state index < -0.39 is 0 Å². The van der Waals surface area contributed by atoms with Crippen molar-refractivity contribution in [1.29, 1.82) is 0 Å². The number of amides is 1. The second-order valence-corrected chi connectivity index (χ2v) is 7.22. The lowest BCUT2D eigenvalue weighted by Gasteiger charge is -2.29. The van der Waals surface area contributed by atoms with Crippen LogP contribution >= 0.6 is 0 Å². The van der Waals surface area contributed by atoms with Gasteiger partial charge in [-0.15, -0.1) is 0 Å². The molecule has 4 rings (SSSR count). The average molecular weight is 391 g/mol. The predicted molar refractivity (Wildman–Crippen MR) is 112 cm³/mol. The maximum atomic E-state index is 12.9. The van der Waals surface area contributed by atoms with Gasteiger partial charge in [0.2, 0.25) is 5.89 Å². The first-order valence-corrected chi connectivity index (χ1v) is 9.82. The molecule has 1 saturated heterocycles. The summed E-state index contributed by atoms with van der Waals surface area (Å²) in [5, 5.41) is 0. The van der Waals surface area contributed by atoms with E-state index in [-0.39, 0.29) is 5.91 Å². The SMILES string of the molecule is Cc1oc(-c2ccccc2)nc1C(=O)N(C)Cc1ccc(N2CCOCC2)cc1. The zero-order chi connectivity index (χ0) is 20.2. The van der Waals surface area contributed by atoms with Gasteiger partial charge >= 0.3 is 0 Å².